The van der Waals surface area contributed by atoms with Gasteiger partial charge in [0.05, 0.1) is 29.7 Å². The number of carbonyl (C=O) groups is 1. The lowest BCUT2D eigenvalue weighted by Gasteiger charge is -2.28. The number of carbonyl (C=O) groups excluding carboxylic acids is 1. The second-order valence-corrected chi connectivity index (χ2v) is 12.5. The third kappa shape index (κ3) is 7.22. The molecule has 1 aromatic heterocycles. The molecule has 1 unspecified atom stereocenters. The predicted octanol–water partition coefficient (Wildman–Crippen LogP) is 5.47. The van der Waals surface area contributed by atoms with Gasteiger partial charge >= 0.3 is 6.18 Å². The van der Waals surface area contributed by atoms with Gasteiger partial charge in [0, 0.05) is 29.5 Å². The standard InChI is InChI=1S/C27H29F3N2O4S2/c1-20-12-13-24(37-20)18-31(16-21-7-3-2-4-8-21)26(33)19-32(17-23-10-6-14-36-23)38(34,35)25-11-5-9-22(15-25)27(28,29)30/h2-5,7-9,11-13,15,23H,6,10,14,16-19H2,1H3. The Balaban J connectivity index is 1.63. The van der Waals surface area contributed by atoms with Crippen LogP contribution in [0.5, 0.6) is 0 Å². The average molecular weight is 567 g/mol. The van der Waals surface area contributed by atoms with Crippen LogP contribution in [0.15, 0.2) is 71.6 Å². The molecule has 38 heavy (non-hydrogen) atoms. The Labute approximate surface area is 224 Å². The first-order valence-corrected chi connectivity index (χ1v) is 14.4. The molecule has 6 nitrogen and oxygen atoms in total. The number of alkyl halides is 3. The Morgan fingerprint density at radius 1 is 1.05 bits per heavy atom. The van der Waals surface area contributed by atoms with E-state index in [0.29, 0.717) is 19.1 Å². The maximum absolute atomic E-state index is 13.7. The molecule has 0 saturated carbocycles. The van der Waals surface area contributed by atoms with Crippen molar-refractivity contribution in [2.45, 2.75) is 50.0 Å². The SMILES string of the molecule is Cc1ccc(CN(Cc2ccccc2)C(=O)CN(CC2CCCO2)S(=O)(=O)c2cccc(C(F)(F)F)c2)s1. The summed E-state index contributed by atoms with van der Waals surface area (Å²) in [6.07, 6.45) is -3.80. The molecule has 0 bridgehead atoms. The third-order valence-corrected chi connectivity index (χ3v) is 9.05. The first-order chi connectivity index (χ1) is 18.0. The van der Waals surface area contributed by atoms with Gasteiger partial charge in [0.15, 0.2) is 0 Å². The van der Waals surface area contributed by atoms with E-state index < -0.39 is 45.2 Å². The monoisotopic (exact) mass is 566 g/mol. The van der Waals surface area contributed by atoms with Crippen LogP contribution in [-0.2, 0) is 38.8 Å². The molecule has 2 heterocycles. The van der Waals surface area contributed by atoms with Gasteiger partial charge in [-0.3, -0.25) is 4.79 Å². The summed E-state index contributed by atoms with van der Waals surface area (Å²) >= 11 is 1.54. The van der Waals surface area contributed by atoms with Gasteiger partial charge in [0.25, 0.3) is 0 Å². The molecule has 1 amide bonds. The van der Waals surface area contributed by atoms with E-state index in [9.17, 15) is 26.4 Å². The quantitative estimate of drug-likeness (QED) is 0.326. The number of thiophene rings is 1. The largest absolute Gasteiger partial charge is 0.416 e. The van der Waals surface area contributed by atoms with Crippen molar-refractivity contribution in [3.63, 3.8) is 0 Å². The minimum Gasteiger partial charge on any atom is -0.377 e. The van der Waals surface area contributed by atoms with Crippen molar-refractivity contribution in [2.75, 3.05) is 19.7 Å². The van der Waals surface area contributed by atoms with Crippen LogP contribution in [0.3, 0.4) is 0 Å². The minimum absolute atomic E-state index is 0.123. The van der Waals surface area contributed by atoms with Gasteiger partial charge in [-0.25, -0.2) is 8.42 Å². The Kier molecular flexibility index (Phi) is 8.92. The van der Waals surface area contributed by atoms with Crippen molar-refractivity contribution in [1.29, 1.82) is 0 Å². The highest BCUT2D eigenvalue weighted by atomic mass is 32.2. The molecule has 0 spiro atoms. The van der Waals surface area contributed by atoms with E-state index in [-0.39, 0.29) is 19.6 Å². The summed E-state index contributed by atoms with van der Waals surface area (Å²) in [6, 6.07) is 16.8. The number of rotatable bonds is 10. The summed E-state index contributed by atoms with van der Waals surface area (Å²) in [6.45, 7) is 2.32. The van der Waals surface area contributed by atoms with Crippen molar-refractivity contribution in [3.05, 3.63) is 87.6 Å². The van der Waals surface area contributed by atoms with E-state index in [1.807, 2.05) is 49.4 Å². The molecule has 0 radical (unpaired) electrons. The lowest BCUT2D eigenvalue weighted by Crippen LogP contribution is -2.45. The second kappa shape index (κ2) is 12.0. The van der Waals surface area contributed by atoms with E-state index in [1.165, 1.54) is 0 Å². The number of amides is 1. The van der Waals surface area contributed by atoms with Gasteiger partial charge in [0.2, 0.25) is 15.9 Å². The Morgan fingerprint density at radius 3 is 2.45 bits per heavy atom. The normalized spacial score (nSPS) is 16.2. The summed E-state index contributed by atoms with van der Waals surface area (Å²) in [7, 11) is -4.43. The van der Waals surface area contributed by atoms with Crippen LogP contribution < -0.4 is 0 Å². The maximum atomic E-state index is 13.7. The van der Waals surface area contributed by atoms with E-state index in [1.54, 1.807) is 16.2 Å². The van der Waals surface area contributed by atoms with Crippen LogP contribution in [-0.4, -0.2) is 49.3 Å². The van der Waals surface area contributed by atoms with Crippen LogP contribution in [0.25, 0.3) is 0 Å². The zero-order valence-corrected chi connectivity index (χ0v) is 22.5. The molecule has 1 atom stereocenters. The number of hydrogen-bond donors (Lipinski definition) is 0. The van der Waals surface area contributed by atoms with Crippen molar-refractivity contribution in [2.24, 2.45) is 0 Å². The second-order valence-electron chi connectivity index (χ2n) is 9.21. The van der Waals surface area contributed by atoms with Crippen LogP contribution in [0, 0.1) is 6.92 Å². The predicted molar refractivity (Wildman–Crippen MR) is 139 cm³/mol. The fourth-order valence-corrected chi connectivity index (χ4v) is 6.66. The Morgan fingerprint density at radius 2 is 1.82 bits per heavy atom. The van der Waals surface area contributed by atoms with Crippen LogP contribution in [0.2, 0.25) is 0 Å². The molecule has 1 saturated heterocycles. The van der Waals surface area contributed by atoms with Crippen LogP contribution in [0.4, 0.5) is 13.2 Å². The summed E-state index contributed by atoms with van der Waals surface area (Å²) in [4.78, 5) is 16.7. The number of halogens is 3. The molecular weight excluding hydrogens is 537 g/mol. The van der Waals surface area contributed by atoms with Gasteiger partial charge in [-0.1, -0.05) is 36.4 Å². The smallest absolute Gasteiger partial charge is 0.377 e. The molecule has 1 aliphatic rings. The Bertz CT molecular complexity index is 1340. The molecule has 0 aliphatic carbocycles. The van der Waals surface area contributed by atoms with E-state index in [4.69, 9.17) is 4.74 Å². The molecule has 4 rings (SSSR count). The molecule has 11 heteroatoms. The number of sulfonamides is 1. The molecule has 1 aliphatic heterocycles. The fourth-order valence-electron chi connectivity index (χ4n) is 4.29. The highest BCUT2D eigenvalue weighted by Crippen LogP contribution is 2.31. The highest BCUT2D eigenvalue weighted by Gasteiger charge is 2.35. The lowest BCUT2D eigenvalue weighted by molar-refractivity contribution is -0.137. The first-order valence-electron chi connectivity index (χ1n) is 12.2. The molecule has 1 fully saturated rings. The number of benzene rings is 2. The minimum atomic E-state index is -4.70. The third-order valence-electron chi connectivity index (χ3n) is 6.25. The molecule has 0 N–H and O–H groups in total. The first kappa shape index (κ1) is 28.3. The average Bonchev–Trinajstić information content (AvgIpc) is 3.55. The van der Waals surface area contributed by atoms with Crippen LogP contribution >= 0.6 is 11.3 Å². The summed E-state index contributed by atoms with van der Waals surface area (Å²) in [5.41, 5.74) is -0.193. The molecule has 204 valence electrons. The van der Waals surface area contributed by atoms with Gasteiger partial charge in [0.1, 0.15) is 0 Å². The summed E-state index contributed by atoms with van der Waals surface area (Å²) < 4.78 is 73.8. The zero-order valence-electron chi connectivity index (χ0n) is 20.9. The van der Waals surface area contributed by atoms with Gasteiger partial charge < -0.3 is 9.64 Å². The zero-order chi connectivity index (χ0) is 27.3. The lowest BCUT2D eigenvalue weighted by atomic mass is 10.2. The number of hydrogen-bond acceptors (Lipinski definition) is 5. The van der Waals surface area contributed by atoms with Crippen molar-refractivity contribution in [1.82, 2.24) is 9.21 Å². The van der Waals surface area contributed by atoms with Crippen LogP contribution in [0.1, 0.15) is 33.7 Å². The summed E-state index contributed by atoms with van der Waals surface area (Å²) in [5, 5.41) is 0. The number of aryl methyl sites for hydroxylation is 1. The van der Waals surface area contributed by atoms with Crippen molar-refractivity contribution >= 4 is 27.3 Å². The van der Waals surface area contributed by atoms with Gasteiger partial charge in [-0.15, -0.1) is 11.3 Å². The topological polar surface area (TPSA) is 66.9 Å². The number of ether oxygens (including phenoxy) is 1. The molecule has 3 aromatic rings. The van der Waals surface area contributed by atoms with Crippen molar-refractivity contribution < 1.29 is 31.1 Å². The summed E-state index contributed by atoms with van der Waals surface area (Å²) in [5.74, 6) is -0.451. The van der Waals surface area contributed by atoms with Gasteiger partial charge in [-0.05, 0) is 55.7 Å². The molecule has 2 aromatic carbocycles. The Hall–Kier alpha value is -2.73. The van der Waals surface area contributed by atoms with E-state index >= 15 is 0 Å². The molecular formula is C27H29F3N2O4S2. The number of nitrogens with zero attached hydrogens (tertiary/aromatic N) is 2. The van der Waals surface area contributed by atoms with E-state index in [2.05, 4.69) is 0 Å². The van der Waals surface area contributed by atoms with Gasteiger partial charge in [-0.2, -0.15) is 17.5 Å². The maximum Gasteiger partial charge on any atom is 0.416 e. The highest BCUT2D eigenvalue weighted by molar-refractivity contribution is 7.89. The van der Waals surface area contributed by atoms with E-state index in [0.717, 1.165) is 44.2 Å². The van der Waals surface area contributed by atoms with Crippen molar-refractivity contribution in [3.8, 4) is 0 Å². The fraction of sp³-hybridized carbons (Fsp3) is 0.370.